The quantitative estimate of drug-likeness (QED) is 0.792. The molecule has 2 aromatic rings. The minimum atomic E-state index is -0.822. The molecule has 2 saturated heterocycles. The second kappa shape index (κ2) is 6.60. The van der Waals surface area contributed by atoms with Gasteiger partial charge < -0.3 is 9.64 Å². The lowest BCUT2D eigenvalue weighted by molar-refractivity contribution is -0.155. The molecule has 4 heteroatoms. The number of hydrogen-bond donors (Lipinski definition) is 0. The van der Waals surface area contributed by atoms with Gasteiger partial charge in [0.1, 0.15) is 5.54 Å². The Labute approximate surface area is 153 Å². The first kappa shape index (κ1) is 16.8. The molecule has 0 saturated carbocycles. The van der Waals surface area contributed by atoms with E-state index in [0.29, 0.717) is 18.4 Å². The van der Waals surface area contributed by atoms with Crippen molar-refractivity contribution in [2.45, 2.75) is 43.2 Å². The number of esters is 1. The molecular formula is C22H23NO3. The van der Waals surface area contributed by atoms with Gasteiger partial charge in [0.25, 0.3) is 5.91 Å². The number of rotatable bonds is 3. The van der Waals surface area contributed by atoms with E-state index in [1.807, 2.05) is 53.4 Å². The molecule has 2 bridgehead atoms. The molecule has 26 heavy (non-hydrogen) atoms. The highest BCUT2D eigenvalue weighted by molar-refractivity contribution is 5.99. The molecule has 4 rings (SSSR count). The van der Waals surface area contributed by atoms with Crippen LogP contribution in [0.5, 0.6) is 0 Å². The van der Waals surface area contributed by atoms with Crippen molar-refractivity contribution in [2.75, 3.05) is 7.11 Å². The molecular weight excluding hydrogens is 326 g/mol. The molecule has 2 heterocycles. The Morgan fingerprint density at radius 3 is 2.23 bits per heavy atom. The van der Waals surface area contributed by atoms with E-state index in [-0.39, 0.29) is 23.8 Å². The summed E-state index contributed by atoms with van der Waals surface area (Å²) in [4.78, 5) is 27.9. The largest absolute Gasteiger partial charge is 0.467 e. The van der Waals surface area contributed by atoms with Crippen LogP contribution in [0.15, 0.2) is 60.7 Å². The number of carbonyl (C=O) groups excluding carboxylic acids is 2. The summed E-state index contributed by atoms with van der Waals surface area (Å²) >= 11 is 0. The van der Waals surface area contributed by atoms with Crippen molar-refractivity contribution in [3.05, 3.63) is 71.8 Å². The molecule has 1 unspecified atom stereocenters. The number of ether oxygens (including phenoxy) is 1. The zero-order chi connectivity index (χ0) is 18.1. The molecule has 3 atom stereocenters. The molecule has 134 valence electrons. The van der Waals surface area contributed by atoms with Gasteiger partial charge >= 0.3 is 5.97 Å². The van der Waals surface area contributed by atoms with Gasteiger partial charge in [0.05, 0.1) is 7.11 Å². The first-order chi connectivity index (χ1) is 12.7. The lowest BCUT2D eigenvalue weighted by Gasteiger charge is -2.46. The second-order valence-electron chi connectivity index (χ2n) is 7.23. The molecule has 0 spiro atoms. The summed E-state index contributed by atoms with van der Waals surface area (Å²) in [6.45, 7) is 0. The monoisotopic (exact) mass is 349 g/mol. The molecule has 2 aliphatic rings. The van der Waals surface area contributed by atoms with Crippen molar-refractivity contribution < 1.29 is 14.3 Å². The third-order valence-corrected chi connectivity index (χ3v) is 6.01. The lowest BCUT2D eigenvalue weighted by Crippen LogP contribution is -2.59. The molecule has 1 amide bonds. The summed E-state index contributed by atoms with van der Waals surface area (Å²) in [7, 11) is 1.42. The molecule has 0 aliphatic carbocycles. The fourth-order valence-electron chi connectivity index (χ4n) is 4.81. The highest BCUT2D eigenvalue weighted by Crippen LogP contribution is 2.51. The number of benzene rings is 2. The smallest absolute Gasteiger partial charge is 0.331 e. The van der Waals surface area contributed by atoms with Crippen molar-refractivity contribution in [1.82, 2.24) is 4.90 Å². The third-order valence-electron chi connectivity index (χ3n) is 6.01. The highest BCUT2D eigenvalue weighted by Gasteiger charge is 2.59. The van der Waals surface area contributed by atoms with Crippen molar-refractivity contribution in [2.24, 2.45) is 0 Å². The Bertz CT molecular complexity index is 805. The van der Waals surface area contributed by atoms with Gasteiger partial charge in [-0.05, 0) is 43.4 Å². The highest BCUT2D eigenvalue weighted by atomic mass is 16.5. The number of amides is 1. The Kier molecular flexibility index (Phi) is 4.27. The summed E-state index contributed by atoms with van der Waals surface area (Å²) < 4.78 is 5.14. The van der Waals surface area contributed by atoms with Crippen LogP contribution >= 0.6 is 0 Å². The summed E-state index contributed by atoms with van der Waals surface area (Å²) in [5, 5.41) is 0. The topological polar surface area (TPSA) is 46.6 Å². The average Bonchev–Trinajstić information content (AvgIpc) is 2.98. The minimum Gasteiger partial charge on any atom is -0.467 e. The number of methoxy groups -OCH3 is 1. The predicted molar refractivity (Wildman–Crippen MR) is 98.8 cm³/mol. The number of piperidine rings is 1. The van der Waals surface area contributed by atoms with Crippen LogP contribution < -0.4 is 0 Å². The van der Waals surface area contributed by atoms with Gasteiger partial charge in [-0.1, -0.05) is 48.5 Å². The number of fused-ring (bicyclic) bond motifs is 2. The van der Waals surface area contributed by atoms with Gasteiger partial charge in [0, 0.05) is 17.5 Å². The predicted octanol–water partition coefficient (Wildman–Crippen LogP) is 3.78. The van der Waals surface area contributed by atoms with E-state index >= 15 is 0 Å². The maximum Gasteiger partial charge on any atom is 0.331 e. The van der Waals surface area contributed by atoms with E-state index in [0.717, 1.165) is 12.8 Å². The maximum atomic E-state index is 13.4. The van der Waals surface area contributed by atoms with Gasteiger partial charge in [-0.2, -0.15) is 0 Å². The van der Waals surface area contributed by atoms with Gasteiger partial charge in [-0.3, -0.25) is 4.79 Å². The molecule has 2 fully saturated rings. The first-order valence-corrected chi connectivity index (χ1v) is 9.19. The lowest BCUT2D eigenvalue weighted by atomic mass is 9.79. The fourth-order valence-corrected chi connectivity index (χ4v) is 4.81. The van der Waals surface area contributed by atoms with Crippen molar-refractivity contribution in [1.29, 1.82) is 0 Å². The SMILES string of the molecule is COC(=O)[C@]12CCC(c3ccccc3)[C@H](CC1)N2C(=O)c1ccccc1. The molecule has 2 aliphatic heterocycles. The van der Waals surface area contributed by atoms with Crippen molar-refractivity contribution in [3.8, 4) is 0 Å². The Hall–Kier alpha value is -2.62. The Morgan fingerprint density at radius 2 is 1.58 bits per heavy atom. The Balaban J connectivity index is 1.76. The van der Waals surface area contributed by atoms with E-state index < -0.39 is 5.54 Å². The fraction of sp³-hybridized carbons (Fsp3) is 0.364. The Morgan fingerprint density at radius 1 is 0.962 bits per heavy atom. The van der Waals surface area contributed by atoms with Crippen LogP contribution in [0.25, 0.3) is 0 Å². The minimum absolute atomic E-state index is 0.0259. The van der Waals surface area contributed by atoms with E-state index in [1.54, 1.807) is 0 Å². The summed E-state index contributed by atoms with van der Waals surface area (Å²) in [6.07, 6.45) is 3.04. The van der Waals surface area contributed by atoms with Crippen LogP contribution in [0.2, 0.25) is 0 Å². The average molecular weight is 349 g/mol. The van der Waals surface area contributed by atoms with E-state index in [2.05, 4.69) is 12.1 Å². The van der Waals surface area contributed by atoms with Crippen molar-refractivity contribution >= 4 is 11.9 Å². The van der Waals surface area contributed by atoms with Crippen LogP contribution in [-0.2, 0) is 9.53 Å². The van der Waals surface area contributed by atoms with Crippen LogP contribution in [0.1, 0.15) is 47.5 Å². The molecule has 0 radical (unpaired) electrons. The van der Waals surface area contributed by atoms with Gasteiger partial charge in [-0.25, -0.2) is 4.79 Å². The van der Waals surface area contributed by atoms with Crippen molar-refractivity contribution in [3.63, 3.8) is 0 Å². The zero-order valence-corrected chi connectivity index (χ0v) is 14.9. The normalized spacial score (nSPS) is 27.2. The third kappa shape index (κ3) is 2.52. The molecule has 2 aromatic carbocycles. The number of hydrogen-bond acceptors (Lipinski definition) is 3. The summed E-state index contributed by atoms with van der Waals surface area (Å²) in [6, 6.07) is 19.6. The van der Waals surface area contributed by atoms with Crippen LogP contribution in [0, 0.1) is 0 Å². The summed E-state index contributed by atoms with van der Waals surface area (Å²) in [5.41, 5.74) is 1.04. The zero-order valence-electron chi connectivity index (χ0n) is 14.9. The first-order valence-electron chi connectivity index (χ1n) is 9.19. The number of carbonyl (C=O) groups is 2. The second-order valence-corrected chi connectivity index (χ2v) is 7.23. The maximum absolute atomic E-state index is 13.4. The standard InChI is InChI=1S/C22H23NO3/c1-26-21(25)22-14-12-18(16-8-4-2-5-9-16)19(13-15-22)23(22)20(24)17-10-6-3-7-11-17/h2-11,18-19H,12-15H2,1H3/t18?,19-,22-/m0/s1. The van der Waals surface area contributed by atoms with E-state index in [4.69, 9.17) is 4.74 Å². The molecule has 4 nitrogen and oxygen atoms in total. The number of nitrogens with zero attached hydrogens (tertiary/aromatic N) is 1. The molecule has 0 N–H and O–H groups in total. The van der Waals surface area contributed by atoms with E-state index in [1.165, 1.54) is 12.7 Å². The van der Waals surface area contributed by atoms with Gasteiger partial charge in [0.2, 0.25) is 0 Å². The summed E-state index contributed by atoms with van der Waals surface area (Å²) in [5.74, 6) is -0.0981. The van der Waals surface area contributed by atoms with Gasteiger partial charge in [0.15, 0.2) is 0 Å². The van der Waals surface area contributed by atoms with Gasteiger partial charge in [-0.15, -0.1) is 0 Å². The van der Waals surface area contributed by atoms with Crippen LogP contribution in [0.4, 0.5) is 0 Å². The van der Waals surface area contributed by atoms with E-state index in [9.17, 15) is 9.59 Å². The molecule has 0 aromatic heterocycles. The van der Waals surface area contributed by atoms with Crippen LogP contribution in [0.3, 0.4) is 0 Å². The van der Waals surface area contributed by atoms with Crippen LogP contribution in [-0.4, -0.2) is 35.5 Å².